The van der Waals surface area contributed by atoms with Crippen LogP contribution in [0.5, 0.6) is 0 Å². The van der Waals surface area contributed by atoms with Crippen LogP contribution in [-0.4, -0.2) is 10.9 Å². The van der Waals surface area contributed by atoms with Crippen molar-refractivity contribution in [3.63, 3.8) is 0 Å². The maximum Gasteiger partial charge on any atom is 0.283 e. The highest BCUT2D eigenvalue weighted by Crippen LogP contribution is 1.98. The molecule has 0 bridgehead atoms. The Morgan fingerprint density at radius 3 is 2.82 bits per heavy atom. The van der Waals surface area contributed by atoms with Crippen LogP contribution >= 0.6 is 0 Å². The maximum absolute atomic E-state index is 10.8. The Morgan fingerprint density at radius 2 is 2.27 bits per heavy atom. The molecule has 0 saturated carbocycles. The quantitative estimate of drug-likeness (QED) is 0.281. The summed E-state index contributed by atoms with van der Waals surface area (Å²) >= 11 is 0. The second-order valence-corrected chi connectivity index (χ2v) is 1.92. The summed E-state index contributed by atoms with van der Waals surface area (Å²) in [6, 6.07) is 4.75. The number of hydrogen-bond acceptors (Lipinski definition) is 4. The van der Waals surface area contributed by atoms with E-state index >= 15 is 0 Å². The molecule has 5 nitrogen and oxygen atoms in total. The summed E-state index contributed by atoms with van der Waals surface area (Å²) in [4.78, 5) is 14.5. The van der Waals surface area contributed by atoms with Gasteiger partial charge in [0.1, 0.15) is 11.5 Å². The van der Waals surface area contributed by atoms with Crippen molar-refractivity contribution >= 4 is 11.7 Å². The zero-order chi connectivity index (χ0) is 8.27. The first-order valence-corrected chi connectivity index (χ1v) is 2.97. The molecule has 1 amide bonds. The third-order valence-electron chi connectivity index (χ3n) is 1.13. The lowest BCUT2D eigenvalue weighted by Gasteiger charge is -1.97. The fourth-order valence-electron chi connectivity index (χ4n) is 0.652. The number of carbonyl (C=O) groups is 1. The molecule has 0 fully saturated rings. The molecule has 5 heteroatoms. The van der Waals surface area contributed by atoms with Gasteiger partial charge in [-0.1, -0.05) is 6.07 Å². The Bertz CT molecular complexity index is 273. The first-order chi connectivity index (χ1) is 5.24. The molecule has 0 aromatic carbocycles. The molecular weight excluding hydrogens is 144 g/mol. The predicted molar refractivity (Wildman–Crippen MR) is 40.3 cm³/mol. The Kier molecular flexibility index (Phi) is 2.03. The van der Waals surface area contributed by atoms with Gasteiger partial charge in [0, 0.05) is 0 Å². The van der Waals surface area contributed by atoms with Gasteiger partial charge in [0.05, 0.1) is 0 Å². The summed E-state index contributed by atoms with van der Waals surface area (Å²) in [6.45, 7) is 0. The number of amides is 1. The molecule has 1 rings (SSSR count). The molecule has 1 heterocycles. The molecule has 0 radical (unpaired) electrons. The van der Waals surface area contributed by atoms with Crippen molar-refractivity contribution in [1.29, 1.82) is 0 Å². The van der Waals surface area contributed by atoms with E-state index in [2.05, 4.69) is 4.98 Å². The third-order valence-corrected chi connectivity index (χ3v) is 1.13. The van der Waals surface area contributed by atoms with Crippen molar-refractivity contribution in [1.82, 2.24) is 10.4 Å². The lowest BCUT2D eigenvalue weighted by molar-refractivity contribution is 0.0949. The summed E-state index contributed by atoms with van der Waals surface area (Å²) in [5.41, 5.74) is 7.49. The average molecular weight is 152 g/mol. The molecule has 58 valence electrons. The second kappa shape index (κ2) is 2.98. The van der Waals surface area contributed by atoms with E-state index in [9.17, 15) is 4.79 Å². The minimum Gasteiger partial charge on any atom is -0.384 e. The maximum atomic E-state index is 10.8. The van der Waals surface area contributed by atoms with E-state index in [1.54, 1.807) is 12.1 Å². The molecular formula is C6H8N4O. The lowest BCUT2D eigenvalue weighted by atomic mass is 10.3. The topological polar surface area (TPSA) is 94.0 Å². The van der Waals surface area contributed by atoms with Gasteiger partial charge in [-0.15, -0.1) is 0 Å². The van der Waals surface area contributed by atoms with Crippen molar-refractivity contribution in [3.05, 3.63) is 23.9 Å². The van der Waals surface area contributed by atoms with Crippen LogP contribution in [0.3, 0.4) is 0 Å². The van der Waals surface area contributed by atoms with Gasteiger partial charge in [-0.25, -0.2) is 10.8 Å². The molecule has 1 aromatic heterocycles. The van der Waals surface area contributed by atoms with E-state index < -0.39 is 5.91 Å². The molecule has 11 heavy (non-hydrogen) atoms. The largest absolute Gasteiger partial charge is 0.384 e. The number of anilines is 1. The summed E-state index contributed by atoms with van der Waals surface area (Å²) in [7, 11) is 0. The van der Waals surface area contributed by atoms with E-state index in [0.29, 0.717) is 5.82 Å². The van der Waals surface area contributed by atoms with E-state index in [1.807, 2.05) is 5.43 Å². The van der Waals surface area contributed by atoms with Crippen molar-refractivity contribution in [2.24, 2.45) is 5.84 Å². The third kappa shape index (κ3) is 1.65. The van der Waals surface area contributed by atoms with Crippen LogP contribution in [0.2, 0.25) is 0 Å². The first-order valence-electron chi connectivity index (χ1n) is 2.97. The van der Waals surface area contributed by atoms with Crippen LogP contribution in [0.1, 0.15) is 10.5 Å². The molecule has 0 unspecified atom stereocenters. The van der Waals surface area contributed by atoms with Crippen LogP contribution in [-0.2, 0) is 0 Å². The summed E-state index contributed by atoms with van der Waals surface area (Å²) < 4.78 is 0. The zero-order valence-electron chi connectivity index (χ0n) is 5.74. The number of aromatic nitrogens is 1. The molecule has 0 aliphatic carbocycles. The molecule has 0 spiro atoms. The number of carbonyl (C=O) groups excluding carboxylic acids is 1. The van der Waals surface area contributed by atoms with Crippen molar-refractivity contribution in [3.8, 4) is 0 Å². The number of rotatable bonds is 1. The van der Waals surface area contributed by atoms with Gasteiger partial charge < -0.3 is 5.73 Å². The van der Waals surface area contributed by atoms with Crippen molar-refractivity contribution < 1.29 is 4.79 Å². The van der Waals surface area contributed by atoms with Crippen LogP contribution in [0, 0.1) is 0 Å². The van der Waals surface area contributed by atoms with E-state index in [0.717, 1.165) is 0 Å². The monoisotopic (exact) mass is 152 g/mol. The molecule has 5 N–H and O–H groups in total. The minimum atomic E-state index is -0.447. The zero-order valence-corrected chi connectivity index (χ0v) is 5.74. The fraction of sp³-hybridized carbons (Fsp3) is 0. The molecule has 1 aromatic rings. The van der Waals surface area contributed by atoms with Gasteiger partial charge in [-0.3, -0.25) is 10.2 Å². The molecule has 0 aliphatic rings. The number of nitrogens with two attached hydrogens (primary N) is 2. The normalized spacial score (nSPS) is 9.18. The molecule has 0 aliphatic heterocycles. The predicted octanol–water partition coefficient (Wildman–Crippen LogP) is -0.733. The van der Waals surface area contributed by atoms with Crippen LogP contribution in [0.15, 0.2) is 18.2 Å². The average Bonchev–Trinajstić information content (AvgIpc) is 2.03. The summed E-state index contributed by atoms with van der Waals surface area (Å²) in [5.74, 6) is 4.72. The summed E-state index contributed by atoms with van der Waals surface area (Å²) in [6.07, 6.45) is 0. The first kappa shape index (κ1) is 7.49. The van der Waals surface area contributed by atoms with E-state index in [-0.39, 0.29) is 5.69 Å². The second-order valence-electron chi connectivity index (χ2n) is 1.92. The van der Waals surface area contributed by atoms with Crippen LogP contribution in [0.25, 0.3) is 0 Å². The van der Waals surface area contributed by atoms with Gasteiger partial charge in [-0.2, -0.15) is 0 Å². The number of nitrogens with zero attached hydrogens (tertiary/aromatic N) is 1. The van der Waals surface area contributed by atoms with Gasteiger partial charge >= 0.3 is 0 Å². The Morgan fingerprint density at radius 1 is 1.55 bits per heavy atom. The number of nitrogen functional groups attached to an aromatic ring is 2. The number of hydrazine groups is 1. The highest BCUT2D eigenvalue weighted by Gasteiger charge is 2.03. The minimum absolute atomic E-state index is 0.215. The van der Waals surface area contributed by atoms with Gasteiger partial charge in [-0.05, 0) is 12.1 Å². The highest BCUT2D eigenvalue weighted by molar-refractivity contribution is 5.92. The Labute approximate surface area is 63.4 Å². The van der Waals surface area contributed by atoms with E-state index in [1.165, 1.54) is 6.07 Å². The molecule has 0 saturated heterocycles. The Hall–Kier alpha value is -1.62. The summed E-state index contributed by atoms with van der Waals surface area (Å²) in [5, 5.41) is 0. The SMILES string of the molecule is NNC(=O)c1cccc(N)n1. The van der Waals surface area contributed by atoms with E-state index in [4.69, 9.17) is 11.6 Å². The van der Waals surface area contributed by atoms with Crippen molar-refractivity contribution in [2.75, 3.05) is 5.73 Å². The smallest absolute Gasteiger partial charge is 0.283 e. The van der Waals surface area contributed by atoms with Gasteiger partial charge in [0.25, 0.3) is 5.91 Å². The van der Waals surface area contributed by atoms with Crippen molar-refractivity contribution in [2.45, 2.75) is 0 Å². The highest BCUT2D eigenvalue weighted by atomic mass is 16.2. The number of nitrogens with one attached hydrogen (secondary N) is 1. The number of pyridine rings is 1. The standard InChI is InChI=1S/C6H8N4O/c7-5-3-1-2-4(9-5)6(11)10-8/h1-3H,8H2,(H2,7,9)(H,10,11). The molecule has 0 atom stereocenters. The van der Waals surface area contributed by atoms with Gasteiger partial charge in [0.2, 0.25) is 0 Å². The fourth-order valence-corrected chi connectivity index (χ4v) is 0.652. The van der Waals surface area contributed by atoms with Crippen LogP contribution in [0.4, 0.5) is 5.82 Å². The van der Waals surface area contributed by atoms with Crippen LogP contribution < -0.4 is 17.0 Å². The number of hydrogen-bond donors (Lipinski definition) is 3. The van der Waals surface area contributed by atoms with Gasteiger partial charge in [0.15, 0.2) is 0 Å². The lowest BCUT2D eigenvalue weighted by Crippen LogP contribution is -2.30. The Balaban J connectivity index is 2.96.